The van der Waals surface area contributed by atoms with Crippen LogP contribution in [0, 0.1) is 5.92 Å². The molecule has 0 saturated heterocycles. The number of aliphatic hydroxyl groups excluding tert-OH is 1. The van der Waals surface area contributed by atoms with E-state index < -0.39 is 0 Å². The van der Waals surface area contributed by atoms with Gasteiger partial charge in [-0.25, -0.2) is 4.98 Å². The number of aromatic nitrogens is 1. The summed E-state index contributed by atoms with van der Waals surface area (Å²) in [5.74, 6) is 1.61. The van der Waals surface area contributed by atoms with Crippen molar-refractivity contribution in [3.05, 3.63) is 90.0 Å². The average molecular weight is 567 g/mol. The molecule has 0 radical (unpaired) electrons. The Balaban J connectivity index is 1.46. The van der Waals surface area contributed by atoms with Gasteiger partial charge in [0.05, 0.1) is 45.2 Å². The molecule has 8 nitrogen and oxygen atoms in total. The zero-order valence-corrected chi connectivity index (χ0v) is 24.1. The minimum absolute atomic E-state index is 0.0608. The van der Waals surface area contributed by atoms with Crippen molar-refractivity contribution in [2.45, 2.75) is 6.42 Å². The van der Waals surface area contributed by atoms with Crippen molar-refractivity contribution in [1.82, 2.24) is 10.3 Å². The summed E-state index contributed by atoms with van der Waals surface area (Å²) in [5, 5.41) is 16.2. The van der Waals surface area contributed by atoms with Crippen LogP contribution < -0.4 is 24.3 Å². The fourth-order valence-electron chi connectivity index (χ4n) is 5.13. The molecule has 216 valence electrons. The Morgan fingerprint density at radius 1 is 0.833 bits per heavy atom. The monoisotopic (exact) mass is 566 g/mol. The van der Waals surface area contributed by atoms with Crippen LogP contribution >= 0.6 is 0 Å². The highest BCUT2D eigenvalue weighted by Gasteiger charge is 2.20. The summed E-state index contributed by atoms with van der Waals surface area (Å²) in [6.45, 7) is 0.240. The van der Waals surface area contributed by atoms with Crippen LogP contribution in [-0.4, -0.2) is 57.6 Å². The standard InChI is InChI=1S/C34H34N2O6/c1-39-26-11-12-29-27(17-26)28(18-30(36-29)25-15-31(40-2)33(42-4)32(16-25)41-3)34(38)35-19-22(20-37)13-21-9-10-23-7-5-6-8-24(23)14-21/h5-12,14-18,22,37H,13,19-20H2,1-4H3,(H,35,38). The lowest BCUT2D eigenvalue weighted by atomic mass is 9.97. The molecular formula is C34H34N2O6. The Hall–Kier alpha value is -4.82. The Morgan fingerprint density at radius 3 is 2.24 bits per heavy atom. The largest absolute Gasteiger partial charge is 0.497 e. The summed E-state index contributed by atoms with van der Waals surface area (Å²) in [4.78, 5) is 18.5. The molecule has 4 aromatic carbocycles. The third-order valence-electron chi connectivity index (χ3n) is 7.37. The van der Waals surface area contributed by atoms with Gasteiger partial charge in [0.2, 0.25) is 5.75 Å². The summed E-state index contributed by atoms with van der Waals surface area (Å²) in [6, 6.07) is 25.2. The zero-order chi connectivity index (χ0) is 29.6. The maximum absolute atomic E-state index is 13.7. The predicted octanol–water partition coefficient (Wildman–Crippen LogP) is 5.67. The number of amides is 1. The number of aliphatic hydroxyl groups is 1. The van der Waals surface area contributed by atoms with Gasteiger partial charge >= 0.3 is 0 Å². The number of ether oxygens (including phenoxy) is 4. The van der Waals surface area contributed by atoms with Crippen molar-refractivity contribution >= 4 is 27.6 Å². The lowest BCUT2D eigenvalue weighted by Crippen LogP contribution is -2.32. The highest BCUT2D eigenvalue weighted by atomic mass is 16.5. The van der Waals surface area contributed by atoms with E-state index in [9.17, 15) is 9.90 Å². The third kappa shape index (κ3) is 5.94. The number of carbonyl (C=O) groups is 1. The van der Waals surface area contributed by atoms with Crippen molar-refractivity contribution in [2.75, 3.05) is 41.6 Å². The minimum atomic E-state index is -0.277. The predicted molar refractivity (Wildman–Crippen MR) is 164 cm³/mol. The molecule has 2 N–H and O–H groups in total. The highest BCUT2D eigenvalue weighted by Crippen LogP contribution is 2.41. The normalized spacial score (nSPS) is 11.7. The van der Waals surface area contributed by atoms with Crippen molar-refractivity contribution < 1.29 is 28.8 Å². The third-order valence-corrected chi connectivity index (χ3v) is 7.37. The van der Waals surface area contributed by atoms with Gasteiger partial charge in [0.25, 0.3) is 5.91 Å². The maximum atomic E-state index is 13.7. The lowest BCUT2D eigenvalue weighted by molar-refractivity contribution is 0.0941. The second-order valence-electron chi connectivity index (χ2n) is 10.00. The quantitative estimate of drug-likeness (QED) is 0.213. The summed E-state index contributed by atoms with van der Waals surface area (Å²) in [5.41, 5.74) is 3.42. The smallest absolute Gasteiger partial charge is 0.252 e. The van der Waals surface area contributed by atoms with Gasteiger partial charge in [0.15, 0.2) is 11.5 Å². The number of fused-ring (bicyclic) bond motifs is 2. The van der Waals surface area contributed by atoms with Crippen LogP contribution in [0.3, 0.4) is 0 Å². The number of pyridine rings is 1. The topological polar surface area (TPSA) is 99.1 Å². The van der Waals surface area contributed by atoms with Gasteiger partial charge < -0.3 is 29.4 Å². The first-order valence-corrected chi connectivity index (χ1v) is 13.6. The van der Waals surface area contributed by atoms with E-state index in [1.165, 1.54) is 0 Å². The van der Waals surface area contributed by atoms with Gasteiger partial charge in [-0.1, -0.05) is 42.5 Å². The first-order chi connectivity index (χ1) is 20.5. The Bertz CT molecular complexity index is 1710. The highest BCUT2D eigenvalue weighted by molar-refractivity contribution is 6.07. The molecule has 0 aliphatic carbocycles. The summed E-state index contributed by atoms with van der Waals surface area (Å²) in [6.07, 6.45) is 0.628. The molecule has 1 unspecified atom stereocenters. The van der Waals surface area contributed by atoms with E-state index in [2.05, 4.69) is 35.6 Å². The molecule has 5 rings (SSSR count). The summed E-state index contributed by atoms with van der Waals surface area (Å²) < 4.78 is 22.0. The molecule has 0 fully saturated rings. The number of carbonyl (C=O) groups excluding carboxylic acids is 1. The second kappa shape index (κ2) is 12.8. The molecule has 0 aliphatic rings. The molecule has 0 bridgehead atoms. The van der Waals surface area contributed by atoms with Gasteiger partial charge in [-0.2, -0.15) is 0 Å². The van der Waals surface area contributed by atoms with Gasteiger partial charge in [-0.05, 0) is 59.2 Å². The number of hydrogen-bond donors (Lipinski definition) is 2. The van der Waals surface area contributed by atoms with Crippen LogP contribution in [0.5, 0.6) is 23.0 Å². The molecule has 1 amide bonds. The fraction of sp³-hybridized carbons (Fsp3) is 0.235. The van der Waals surface area contributed by atoms with E-state index in [4.69, 9.17) is 23.9 Å². The Kier molecular flexibility index (Phi) is 8.74. The lowest BCUT2D eigenvalue weighted by Gasteiger charge is -2.17. The van der Waals surface area contributed by atoms with E-state index in [1.807, 2.05) is 18.2 Å². The second-order valence-corrected chi connectivity index (χ2v) is 10.00. The number of benzene rings is 4. The Morgan fingerprint density at radius 2 is 1.57 bits per heavy atom. The number of nitrogens with one attached hydrogen (secondary N) is 1. The average Bonchev–Trinajstić information content (AvgIpc) is 3.04. The van der Waals surface area contributed by atoms with Crippen LogP contribution in [0.25, 0.3) is 32.9 Å². The fourth-order valence-corrected chi connectivity index (χ4v) is 5.13. The summed E-state index contributed by atoms with van der Waals surface area (Å²) in [7, 11) is 6.23. The molecule has 0 spiro atoms. The van der Waals surface area contributed by atoms with Crippen LogP contribution in [0.15, 0.2) is 78.9 Å². The van der Waals surface area contributed by atoms with Crippen molar-refractivity contribution in [3.8, 4) is 34.3 Å². The summed E-state index contributed by atoms with van der Waals surface area (Å²) >= 11 is 0. The van der Waals surface area contributed by atoms with E-state index in [-0.39, 0.29) is 18.4 Å². The number of methoxy groups -OCH3 is 4. The van der Waals surface area contributed by atoms with Crippen molar-refractivity contribution in [3.63, 3.8) is 0 Å². The molecule has 8 heteroatoms. The molecule has 1 atom stereocenters. The number of nitrogens with zero attached hydrogens (tertiary/aromatic N) is 1. The van der Waals surface area contributed by atoms with Crippen LogP contribution in [0.2, 0.25) is 0 Å². The molecule has 5 aromatic rings. The first-order valence-electron chi connectivity index (χ1n) is 13.6. The van der Waals surface area contributed by atoms with Gasteiger partial charge in [0, 0.05) is 30.0 Å². The van der Waals surface area contributed by atoms with Crippen molar-refractivity contribution in [1.29, 1.82) is 0 Å². The van der Waals surface area contributed by atoms with Gasteiger partial charge in [-0.15, -0.1) is 0 Å². The van der Waals surface area contributed by atoms with Crippen LogP contribution in [0.4, 0.5) is 0 Å². The molecule has 0 aliphatic heterocycles. The van der Waals surface area contributed by atoms with E-state index in [0.29, 0.717) is 63.7 Å². The number of rotatable bonds is 11. The van der Waals surface area contributed by atoms with Crippen LogP contribution in [-0.2, 0) is 6.42 Å². The van der Waals surface area contributed by atoms with Crippen molar-refractivity contribution in [2.24, 2.45) is 5.92 Å². The molecule has 1 aromatic heterocycles. The SMILES string of the molecule is COc1ccc2nc(-c3cc(OC)c(OC)c(OC)c3)cc(C(=O)NCC(CO)Cc3ccc4ccccc4c3)c2c1. The molecule has 0 saturated carbocycles. The molecule has 1 heterocycles. The molecular weight excluding hydrogens is 532 g/mol. The minimum Gasteiger partial charge on any atom is -0.497 e. The molecule has 42 heavy (non-hydrogen) atoms. The van der Waals surface area contributed by atoms with Gasteiger partial charge in [-0.3, -0.25) is 4.79 Å². The van der Waals surface area contributed by atoms with Crippen LogP contribution in [0.1, 0.15) is 15.9 Å². The zero-order valence-electron chi connectivity index (χ0n) is 24.1. The first kappa shape index (κ1) is 28.7. The van der Waals surface area contributed by atoms with Gasteiger partial charge in [0.1, 0.15) is 5.75 Å². The van der Waals surface area contributed by atoms with E-state index in [1.54, 1.807) is 58.8 Å². The van der Waals surface area contributed by atoms with E-state index >= 15 is 0 Å². The maximum Gasteiger partial charge on any atom is 0.252 e. The Labute approximate surface area is 244 Å². The van der Waals surface area contributed by atoms with E-state index in [0.717, 1.165) is 16.3 Å². The number of hydrogen-bond acceptors (Lipinski definition) is 7.